The number of rotatable bonds is 6. The number of sulfonamides is 1. The van der Waals surface area contributed by atoms with Crippen LogP contribution in [0.5, 0.6) is 0 Å². The molecule has 29 heavy (non-hydrogen) atoms. The first-order valence-electron chi connectivity index (χ1n) is 8.99. The number of esters is 1. The average molecular weight is 438 g/mol. The van der Waals surface area contributed by atoms with Gasteiger partial charge < -0.3 is 14.6 Å². The number of benzene rings is 1. The van der Waals surface area contributed by atoms with Crippen LogP contribution in [0.4, 0.5) is 5.69 Å². The van der Waals surface area contributed by atoms with Crippen LogP contribution in [-0.2, 0) is 26.6 Å². The van der Waals surface area contributed by atoms with Crippen molar-refractivity contribution < 1.29 is 22.7 Å². The fourth-order valence-electron chi connectivity index (χ4n) is 3.33. The Hall–Kier alpha value is -2.30. The van der Waals surface area contributed by atoms with Crippen molar-refractivity contribution in [2.75, 3.05) is 25.2 Å². The molecule has 1 aromatic heterocycles. The largest absolute Gasteiger partial charge is 0.464 e. The highest BCUT2D eigenvalue weighted by atomic mass is 32.2. The van der Waals surface area contributed by atoms with Gasteiger partial charge in [-0.15, -0.1) is 11.8 Å². The first-order chi connectivity index (χ1) is 13.8. The van der Waals surface area contributed by atoms with Gasteiger partial charge in [0.05, 0.1) is 7.11 Å². The van der Waals surface area contributed by atoms with Crippen molar-refractivity contribution in [1.29, 1.82) is 0 Å². The van der Waals surface area contributed by atoms with E-state index in [1.165, 1.54) is 28.2 Å². The van der Waals surface area contributed by atoms with Crippen molar-refractivity contribution in [3.63, 3.8) is 0 Å². The summed E-state index contributed by atoms with van der Waals surface area (Å²) < 4.78 is 33.6. The number of amides is 1. The molecular weight excluding hydrogens is 414 g/mol. The van der Waals surface area contributed by atoms with E-state index in [0.717, 1.165) is 4.90 Å². The molecule has 1 aliphatic rings. The summed E-state index contributed by atoms with van der Waals surface area (Å²) >= 11 is 1.55. The Labute approximate surface area is 174 Å². The van der Waals surface area contributed by atoms with Gasteiger partial charge in [-0.05, 0) is 43.4 Å². The molecule has 0 spiro atoms. The van der Waals surface area contributed by atoms with Crippen molar-refractivity contribution in [3.8, 4) is 0 Å². The van der Waals surface area contributed by atoms with Gasteiger partial charge in [-0.2, -0.15) is 4.31 Å². The molecule has 1 saturated heterocycles. The molecule has 8 nitrogen and oxygen atoms in total. The van der Waals surface area contributed by atoms with E-state index in [1.54, 1.807) is 24.9 Å². The quantitative estimate of drug-likeness (QED) is 0.550. The summed E-state index contributed by atoms with van der Waals surface area (Å²) in [7, 11) is -1.14. The number of thioether (sulfide) groups is 1. The molecule has 1 amide bonds. The predicted octanol–water partition coefficient (Wildman–Crippen LogP) is 2.33. The van der Waals surface area contributed by atoms with Gasteiger partial charge in [-0.25, -0.2) is 13.2 Å². The van der Waals surface area contributed by atoms with Crippen LogP contribution >= 0.6 is 11.8 Å². The Bertz CT molecular complexity index is 1030. The van der Waals surface area contributed by atoms with Crippen LogP contribution in [0.1, 0.15) is 23.3 Å². The Morgan fingerprint density at radius 1 is 1.28 bits per heavy atom. The second-order valence-corrected chi connectivity index (χ2v) is 9.43. The number of carbonyl (C=O) groups excluding carboxylic acids is 2. The third-order valence-corrected chi connectivity index (χ3v) is 7.42. The van der Waals surface area contributed by atoms with Crippen molar-refractivity contribution >= 4 is 39.3 Å². The lowest BCUT2D eigenvalue weighted by Gasteiger charge is -2.23. The predicted molar refractivity (Wildman–Crippen MR) is 111 cm³/mol. The molecule has 1 aliphatic heterocycles. The maximum Gasteiger partial charge on any atom is 0.354 e. The van der Waals surface area contributed by atoms with Crippen molar-refractivity contribution in [1.82, 2.24) is 8.87 Å². The molecule has 0 bridgehead atoms. The van der Waals surface area contributed by atoms with Gasteiger partial charge in [-0.3, -0.25) is 4.79 Å². The molecule has 2 heterocycles. The standard InChI is InChI=1S/C19H23N3O5S2/c1-21-12-15(11-17(21)19(24)27-2)29(25,26)22-9-5-8-16(22)18(23)20-13-6-4-7-14(10-13)28-3/h4,6-7,10-12,16H,5,8-9H2,1-3H3,(H,20,23)/t16-/m1/s1. The molecule has 1 fully saturated rings. The summed E-state index contributed by atoms with van der Waals surface area (Å²) in [5, 5.41) is 2.82. The fraction of sp³-hybridized carbons (Fsp3) is 0.368. The third kappa shape index (κ3) is 4.34. The van der Waals surface area contributed by atoms with E-state index in [2.05, 4.69) is 10.1 Å². The number of aryl methyl sites for hydroxylation is 1. The van der Waals surface area contributed by atoms with Crippen LogP contribution in [-0.4, -0.2) is 55.1 Å². The molecule has 0 radical (unpaired) electrons. The monoisotopic (exact) mass is 437 g/mol. The zero-order valence-corrected chi connectivity index (χ0v) is 18.0. The summed E-state index contributed by atoms with van der Waals surface area (Å²) in [6.45, 7) is 0.244. The van der Waals surface area contributed by atoms with Gasteiger partial charge in [0, 0.05) is 30.4 Å². The molecule has 1 atom stereocenters. The lowest BCUT2D eigenvalue weighted by Crippen LogP contribution is -2.43. The van der Waals surface area contributed by atoms with Crippen LogP contribution in [0.25, 0.3) is 0 Å². The van der Waals surface area contributed by atoms with Crippen LogP contribution in [0.15, 0.2) is 46.3 Å². The van der Waals surface area contributed by atoms with Crippen molar-refractivity contribution in [3.05, 3.63) is 42.2 Å². The number of anilines is 1. The fourth-order valence-corrected chi connectivity index (χ4v) is 5.52. The van der Waals surface area contributed by atoms with E-state index in [9.17, 15) is 18.0 Å². The summed E-state index contributed by atoms with van der Waals surface area (Å²) in [5.41, 5.74) is 0.749. The molecule has 1 aromatic carbocycles. The Balaban J connectivity index is 1.83. The SMILES string of the molecule is COC(=O)c1cc(S(=O)(=O)N2CCC[C@@H]2C(=O)Nc2cccc(SC)c2)cn1C. The van der Waals surface area contributed by atoms with E-state index >= 15 is 0 Å². The molecule has 156 valence electrons. The highest BCUT2D eigenvalue weighted by Crippen LogP contribution is 2.28. The van der Waals surface area contributed by atoms with E-state index < -0.39 is 22.0 Å². The van der Waals surface area contributed by atoms with Crippen LogP contribution in [0.3, 0.4) is 0 Å². The number of ether oxygens (including phenoxy) is 1. The van der Waals surface area contributed by atoms with Gasteiger partial charge >= 0.3 is 5.97 Å². The maximum absolute atomic E-state index is 13.2. The average Bonchev–Trinajstić information content (AvgIpc) is 3.35. The zero-order valence-electron chi connectivity index (χ0n) is 16.4. The highest BCUT2D eigenvalue weighted by molar-refractivity contribution is 7.98. The minimum absolute atomic E-state index is 0.0375. The Morgan fingerprint density at radius 2 is 2.03 bits per heavy atom. The summed E-state index contributed by atoms with van der Waals surface area (Å²) in [6, 6.07) is 7.85. The Kier molecular flexibility index (Phi) is 6.35. The van der Waals surface area contributed by atoms with E-state index in [1.807, 2.05) is 24.5 Å². The van der Waals surface area contributed by atoms with E-state index in [0.29, 0.717) is 18.5 Å². The minimum atomic E-state index is -3.94. The van der Waals surface area contributed by atoms with Gasteiger partial charge in [0.1, 0.15) is 16.6 Å². The van der Waals surface area contributed by atoms with Crippen LogP contribution in [0.2, 0.25) is 0 Å². The summed E-state index contributed by atoms with van der Waals surface area (Å²) in [4.78, 5) is 25.6. The van der Waals surface area contributed by atoms with Gasteiger partial charge in [0.25, 0.3) is 0 Å². The second-order valence-electron chi connectivity index (χ2n) is 6.66. The molecule has 10 heteroatoms. The molecule has 0 saturated carbocycles. The second kappa shape index (κ2) is 8.60. The van der Waals surface area contributed by atoms with Crippen molar-refractivity contribution in [2.45, 2.75) is 28.7 Å². The molecule has 2 aromatic rings. The van der Waals surface area contributed by atoms with Gasteiger partial charge in [0.2, 0.25) is 15.9 Å². The first-order valence-corrected chi connectivity index (χ1v) is 11.7. The Morgan fingerprint density at radius 3 is 2.72 bits per heavy atom. The minimum Gasteiger partial charge on any atom is -0.464 e. The third-order valence-electron chi connectivity index (χ3n) is 4.82. The number of nitrogens with one attached hydrogen (secondary N) is 1. The lowest BCUT2D eigenvalue weighted by molar-refractivity contribution is -0.119. The van der Waals surface area contributed by atoms with Gasteiger partial charge in [0.15, 0.2) is 0 Å². The number of hydrogen-bond donors (Lipinski definition) is 1. The van der Waals surface area contributed by atoms with Crippen LogP contribution < -0.4 is 5.32 Å². The molecule has 1 N–H and O–H groups in total. The smallest absolute Gasteiger partial charge is 0.354 e. The lowest BCUT2D eigenvalue weighted by atomic mass is 10.2. The van der Waals surface area contributed by atoms with E-state index in [-0.39, 0.29) is 23.0 Å². The number of carbonyl (C=O) groups is 2. The number of nitrogens with zero attached hydrogens (tertiary/aromatic N) is 2. The van der Waals surface area contributed by atoms with Gasteiger partial charge in [-0.1, -0.05) is 6.07 Å². The summed E-state index contributed by atoms with van der Waals surface area (Å²) in [6.07, 6.45) is 4.31. The van der Waals surface area contributed by atoms with Crippen molar-refractivity contribution in [2.24, 2.45) is 7.05 Å². The normalized spacial score (nSPS) is 17.3. The number of hydrogen-bond acceptors (Lipinski definition) is 6. The molecule has 0 aliphatic carbocycles. The maximum atomic E-state index is 13.2. The summed E-state index contributed by atoms with van der Waals surface area (Å²) in [5.74, 6) is -0.994. The van der Waals surface area contributed by atoms with Crippen LogP contribution in [0, 0.1) is 0 Å². The first kappa shape index (κ1) is 21.4. The number of aromatic nitrogens is 1. The van der Waals surface area contributed by atoms with E-state index in [4.69, 9.17) is 0 Å². The highest BCUT2D eigenvalue weighted by Gasteiger charge is 2.40. The topological polar surface area (TPSA) is 97.7 Å². The number of methoxy groups -OCH3 is 1. The zero-order chi connectivity index (χ0) is 21.2. The molecular formula is C19H23N3O5S2. The molecule has 0 unspecified atom stereocenters. The molecule has 3 rings (SSSR count).